The third kappa shape index (κ3) is 8.03. The van der Waals surface area contributed by atoms with E-state index >= 15 is 0 Å². The van der Waals surface area contributed by atoms with Gasteiger partial charge in [0.2, 0.25) is 0 Å². The molecule has 1 aromatic rings. The first kappa shape index (κ1) is 17.7. The molecule has 3 N–H and O–H groups in total. The SMILES string of the molecule is O=C(O)CCCNC(=O)NCc1cccc(OCC(F)F)c1. The number of urea groups is 1. The maximum atomic E-state index is 12.0. The van der Waals surface area contributed by atoms with Gasteiger partial charge in [-0.15, -0.1) is 0 Å². The molecular formula is C14H18F2N2O4. The second-order valence-corrected chi connectivity index (χ2v) is 4.46. The van der Waals surface area contributed by atoms with Crippen molar-refractivity contribution in [3.05, 3.63) is 29.8 Å². The maximum Gasteiger partial charge on any atom is 0.315 e. The van der Waals surface area contributed by atoms with E-state index in [4.69, 9.17) is 9.84 Å². The van der Waals surface area contributed by atoms with Gasteiger partial charge in [0.15, 0.2) is 0 Å². The Balaban J connectivity index is 2.30. The number of rotatable bonds is 9. The van der Waals surface area contributed by atoms with Crippen LogP contribution in [-0.4, -0.2) is 36.7 Å². The second-order valence-electron chi connectivity index (χ2n) is 4.46. The zero-order valence-electron chi connectivity index (χ0n) is 11.9. The highest BCUT2D eigenvalue weighted by Crippen LogP contribution is 2.14. The van der Waals surface area contributed by atoms with Gasteiger partial charge >= 0.3 is 12.0 Å². The lowest BCUT2D eigenvalue weighted by molar-refractivity contribution is -0.137. The Morgan fingerprint density at radius 1 is 1.27 bits per heavy atom. The van der Waals surface area contributed by atoms with Crippen LogP contribution in [0.1, 0.15) is 18.4 Å². The van der Waals surface area contributed by atoms with E-state index in [0.29, 0.717) is 17.7 Å². The normalized spacial score (nSPS) is 10.3. The molecule has 0 spiro atoms. The minimum Gasteiger partial charge on any atom is -0.488 e. The summed E-state index contributed by atoms with van der Waals surface area (Å²) in [6.45, 7) is -0.215. The number of halogens is 2. The summed E-state index contributed by atoms with van der Waals surface area (Å²) in [5.74, 6) is -0.607. The van der Waals surface area contributed by atoms with Gasteiger partial charge in [0, 0.05) is 19.5 Å². The van der Waals surface area contributed by atoms with Crippen LogP contribution in [0.25, 0.3) is 0 Å². The van der Waals surface area contributed by atoms with Crippen LogP contribution in [0, 0.1) is 0 Å². The summed E-state index contributed by atoms with van der Waals surface area (Å²) in [7, 11) is 0. The van der Waals surface area contributed by atoms with Crippen molar-refractivity contribution in [2.75, 3.05) is 13.2 Å². The van der Waals surface area contributed by atoms with E-state index in [1.54, 1.807) is 24.3 Å². The number of benzene rings is 1. The number of carboxylic acid groups (broad SMARTS) is 1. The van der Waals surface area contributed by atoms with Crippen LogP contribution in [-0.2, 0) is 11.3 Å². The fourth-order valence-corrected chi connectivity index (χ4v) is 1.59. The van der Waals surface area contributed by atoms with E-state index in [0.717, 1.165) is 0 Å². The average molecular weight is 316 g/mol. The summed E-state index contributed by atoms with van der Waals surface area (Å²) < 4.78 is 29.0. The van der Waals surface area contributed by atoms with Crippen LogP contribution in [0.5, 0.6) is 5.75 Å². The number of hydrogen-bond donors (Lipinski definition) is 3. The zero-order valence-corrected chi connectivity index (χ0v) is 11.9. The molecule has 1 rings (SSSR count). The third-order valence-electron chi connectivity index (χ3n) is 2.58. The predicted octanol–water partition coefficient (Wildman–Crippen LogP) is 1.99. The molecule has 0 aliphatic heterocycles. The molecule has 8 heteroatoms. The lowest BCUT2D eigenvalue weighted by atomic mass is 10.2. The summed E-state index contributed by atoms with van der Waals surface area (Å²) in [5.41, 5.74) is 0.701. The number of ether oxygens (including phenoxy) is 1. The average Bonchev–Trinajstić information content (AvgIpc) is 2.48. The second kappa shape index (κ2) is 9.54. The molecule has 122 valence electrons. The molecule has 6 nitrogen and oxygen atoms in total. The molecule has 0 heterocycles. The Morgan fingerprint density at radius 2 is 2.05 bits per heavy atom. The van der Waals surface area contributed by atoms with Gasteiger partial charge in [-0.2, -0.15) is 0 Å². The maximum absolute atomic E-state index is 12.0. The Hall–Kier alpha value is -2.38. The Labute approximate surface area is 126 Å². The summed E-state index contributed by atoms with van der Waals surface area (Å²) in [6, 6.07) is 6.05. The van der Waals surface area contributed by atoms with E-state index in [1.165, 1.54) is 0 Å². The molecular weight excluding hydrogens is 298 g/mol. The number of amides is 2. The molecule has 0 bridgehead atoms. The fourth-order valence-electron chi connectivity index (χ4n) is 1.59. The van der Waals surface area contributed by atoms with Crippen LogP contribution >= 0.6 is 0 Å². The minimum absolute atomic E-state index is 0.0101. The van der Waals surface area contributed by atoms with Crippen LogP contribution in [0.3, 0.4) is 0 Å². The molecule has 0 saturated heterocycles. The highest BCUT2D eigenvalue weighted by atomic mass is 19.3. The predicted molar refractivity (Wildman–Crippen MR) is 75.0 cm³/mol. The van der Waals surface area contributed by atoms with Crippen molar-refractivity contribution in [3.63, 3.8) is 0 Å². The van der Waals surface area contributed by atoms with Gasteiger partial charge in [-0.25, -0.2) is 13.6 Å². The van der Waals surface area contributed by atoms with Crippen molar-refractivity contribution in [2.45, 2.75) is 25.8 Å². The van der Waals surface area contributed by atoms with Gasteiger partial charge < -0.3 is 20.5 Å². The minimum atomic E-state index is -2.54. The Morgan fingerprint density at radius 3 is 2.73 bits per heavy atom. The quantitative estimate of drug-likeness (QED) is 0.608. The standard InChI is InChI=1S/C14H18F2N2O4/c15-12(16)9-22-11-4-1-3-10(7-11)8-18-14(21)17-6-2-5-13(19)20/h1,3-4,7,12H,2,5-6,8-9H2,(H,19,20)(H2,17,18,21). The third-order valence-corrected chi connectivity index (χ3v) is 2.58. The van der Waals surface area contributed by atoms with Crippen molar-refractivity contribution in [3.8, 4) is 5.75 Å². The molecule has 0 aliphatic carbocycles. The van der Waals surface area contributed by atoms with Crippen molar-refractivity contribution >= 4 is 12.0 Å². The number of alkyl halides is 2. The molecule has 0 unspecified atom stereocenters. The van der Waals surface area contributed by atoms with E-state index in [2.05, 4.69) is 10.6 Å². The molecule has 0 aromatic heterocycles. The van der Waals surface area contributed by atoms with Gasteiger partial charge in [-0.05, 0) is 24.1 Å². The van der Waals surface area contributed by atoms with Crippen molar-refractivity contribution in [2.24, 2.45) is 0 Å². The summed E-state index contributed by atoms with van der Waals surface area (Å²) in [5, 5.41) is 13.5. The zero-order chi connectivity index (χ0) is 16.4. The molecule has 0 radical (unpaired) electrons. The first-order chi connectivity index (χ1) is 10.5. The summed E-state index contributed by atoms with van der Waals surface area (Å²) >= 11 is 0. The number of carboxylic acids is 1. The topological polar surface area (TPSA) is 87.7 Å². The van der Waals surface area contributed by atoms with Crippen molar-refractivity contribution in [1.82, 2.24) is 10.6 Å². The fraction of sp³-hybridized carbons (Fsp3) is 0.429. The van der Waals surface area contributed by atoms with Crippen molar-refractivity contribution < 1.29 is 28.2 Å². The van der Waals surface area contributed by atoms with E-state index in [9.17, 15) is 18.4 Å². The van der Waals surface area contributed by atoms with Gasteiger partial charge in [0.25, 0.3) is 6.43 Å². The van der Waals surface area contributed by atoms with Crippen LogP contribution in [0.2, 0.25) is 0 Å². The van der Waals surface area contributed by atoms with Crippen LogP contribution < -0.4 is 15.4 Å². The molecule has 2 amide bonds. The monoisotopic (exact) mass is 316 g/mol. The molecule has 22 heavy (non-hydrogen) atoms. The van der Waals surface area contributed by atoms with E-state index in [-0.39, 0.29) is 19.5 Å². The first-order valence-electron chi connectivity index (χ1n) is 6.70. The lowest BCUT2D eigenvalue weighted by Gasteiger charge is -2.09. The highest BCUT2D eigenvalue weighted by Gasteiger charge is 2.05. The molecule has 0 fully saturated rings. The van der Waals surface area contributed by atoms with E-state index < -0.39 is 25.0 Å². The van der Waals surface area contributed by atoms with Crippen LogP contribution in [0.4, 0.5) is 13.6 Å². The van der Waals surface area contributed by atoms with Gasteiger partial charge in [0.05, 0.1) is 0 Å². The van der Waals surface area contributed by atoms with Gasteiger partial charge in [-0.1, -0.05) is 12.1 Å². The van der Waals surface area contributed by atoms with E-state index in [1.807, 2.05) is 0 Å². The van der Waals surface area contributed by atoms with Crippen molar-refractivity contribution in [1.29, 1.82) is 0 Å². The molecule has 0 atom stereocenters. The largest absolute Gasteiger partial charge is 0.488 e. The molecule has 1 aromatic carbocycles. The van der Waals surface area contributed by atoms with Crippen LogP contribution in [0.15, 0.2) is 24.3 Å². The number of aliphatic carboxylic acids is 1. The molecule has 0 aliphatic rings. The smallest absolute Gasteiger partial charge is 0.315 e. The Kier molecular flexibility index (Phi) is 7.66. The van der Waals surface area contributed by atoms with Gasteiger partial charge in [-0.3, -0.25) is 4.79 Å². The van der Waals surface area contributed by atoms with Gasteiger partial charge in [0.1, 0.15) is 12.4 Å². The Bertz CT molecular complexity index is 497. The number of carbonyl (C=O) groups is 2. The summed E-state index contributed by atoms with van der Waals surface area (Å²) in [4.78, 5) is 21.8. The highest BCUT2D eigenvalue weighted by molar-refractivity contribution is 5.73. The number of carbonyl (C=O) groups excluding carboxylic acids is 1. The lowest BCUT2D eigenvalue weighted by Crippen LogP contribution is -2.35. The first-order valence-corrected chi connectivity index (χ1v) is 6.70. The number of hydrogen-bond acceptors (Lipinski definition) is 3. The molecule has 0 saturated carbocycles. The number of nitrogens with one attached hydrogen (secondary N) is 2. The summed E-state index contributed by atoms with van der Waals surface area (Å²) in [6.07, 6.45) is -2.21.